The van der Waals surface area contributed by atoms with Gasteiger partial charge >= 0.3 is 0 Å². The van der Waals surface area contributed by atoms with Gasteiger partial charge < -0.3 is 24.8 Å². The second-order valence-corrected chi connectivity index (χ2v) is 8.47. The summed E-state index contributed by atoms with van der Waals surface area (Å²) in [5.74, 6) is 2.87. The summed E-state index contributed by atoms with van der Waals surface area (Å²) >= 11 is 0. The van der Waals surface area contributed by atoms with Crippen LogP contribution >= 0.6 is 0 Å². The van der Waals surface area contributed by atoms with Crippen LogP contribution < -0.4 is 15.5 Å². The molecule has 33 heavy (non-hydrogen) atoms. The normalized spacial score (nSPS) is 16.8. The van der Waals surface area contributed by atoms with Crippen LogP contribution in [0, 0.1) is 0 Å². The minimum atomic E-state index is 0.451. The number of hydrogen-bond acceptors (Lipinski definition) is 8. The van der Waals surface area contributed by atoms with Gasteiger partial charge in [0, 0.05) is 68.3 Å². The summed E-state index contributed by atoms with van der Waals surface area (Å²) in [5.41, 5.74) is 3.01. The van der Waals surface area contributed by atoms with Crippen molar-refractivity contribution in [3.63, 3.8) is 0 Å². The van der Waals surface area contributed by atoms with Crippen LogP contribution in [0.3, 0.4) is 0 Å². The molecule has 1 aliphatic heterocycles. The lowest BCUT2D eigenvalue weighted by Crippen LogP contribution is -2.50. The summed E-state index contributed by atoms with van der Waals surface area (Å²) < 4.78 is 1.97. The van der Waals surface area contributed by atoms with E-state index in [2.05, 4.69) is 51.3 Å². The number of likely N-dealkylation sites (N-methyl/N-ethyl adjacent to an activating group) is 1. The Morgan fingerprint density at radius 3 is 2.73 bits per heavy atom. The number of imidazole rings is 1. The third-order valence-electron chi connectivity index (χ3n) is 6.14. The van der Waals surface area contributed by atoms with Crippen LogP contribution in [0.5, 0.6) is 0 Å². The van der Waals surface area contributed by atoms with Crippen LogP contribution in [0.2, 0.25) is 0 Å². The molecule has 1 saturated heterocycles. The number of fused-ring (bicyclic) bond motifs is 1. The van der Waals surface area contributed by atoms with Gasteiger partial charge in [-0.05, 0) is 44.2 Å². The quantitative estimate of drug-likeness (QED) is 0.466. The molecule has 170 valence electrons. The minimum Gasteiger partial charge on any atom is -0.354 e. The van der Waals surface area contributed by atoms with Crippen LogP contribution in [0.15, 0.2) is 55.1 Å². The number of anilines is 5. The Morgan fingerprint density at radius 1 is 0.970 bits per heavy atom. The fraction of sp³-hybridized carbons (Fsp3) is 0.333. The maximum atomic E-state index is 4.84. The van der Waals surface area contributed by atoms with E-state index in [9.17, 15) is 0 Å². The predicted octanol–water partition coefficient (Wildman–Crippen LogP) is 3.71. The molecule has 0 amide bonds. The van der Waals surface area contributed by atoms with E-state index < -0.39 is 0 Å². The molecule has 0 aliphatic carbocycles. The van der Waals surface area contributed by atoms with E-state index >= 15 is 0 Å². The Morgan fingerprint density at radius 2 is 1.88 bits per heavy atom. The van der Waals surface area contributed by atoms with Crippen molar-refractivity contribution in [2.24, 2.45) is 0 Å². The number of aromatic nitrogens is 5. The third-order valence-corrected chi connectivity index (χ3v) is 6.14. The molecule has 4 aromatic rings. The van der Waals surface area contributed by atoms with E-state index in [0.717, 1.165) is 54.8 Å². The summed E-state index contributed by atoms with van der Waals surface area (Å²) in [5, 5.41) is 6.74. The van der Waals surface area contributed by atoms with Crippen molar-refractivity contribution in [3.8, 4) is 0 Å². The van der Waals surface area contributed by atoms with Gasteiger partial charge in [0.15, 0.2) is 0 Å². The maximum Gasteiger partial charge on any atom is 0.232 e. The zero-order valence-electron chi connectivity index (χ0n) is 19.2. The highest BCUT2D eigenvalue weighted by Crippen LogP contribution is 2.25. The first-order valence-electron chi connectivity index (χ1n) is 11.3. The van der Waals surface area contributed by atoms with Gasteiger partial charge in [0.1, 0.15) is 23.1 Å². The largest absolute Gasteiger partial charge is 0.354 e. The van der Waals surface area contributed by atoms with E-state index in [1.54, 1.807) is 6.20 Å². The number of hydrogen-bond donors (Lipinski definition) is 2. The molecule has 1 unspecified atom stereocenters. The molecular formula is C24H29N9. The molecular weight excluding hydrogens is 414 g/mol. The van der Waals surface area contributed by atoms with Crippen molar-refractivity contribution in [2.45, 2.75) is 26.3 Å². The van der Waals surface area contributed by atoms with Gasteiger partial charge in [-0.2, -0.15) is 9.97 Å². The lowest BCUT2D eigenvalue weighted by Gasteiger charge is -2.38. The van der Waals surface area contributed by atoms with Crippen LogP contribution in [0.4, 0.5) is 29.1 Å². The number of pyridine rings is 2. The van der Waals surface area contributed by atoms with Crippen molar-refractivity contribution in [1.82, 2.24) is 29.2 Å². The van der Waals surface area contributed by atoms with E-state index in [-0.39, 0.29) is 0 Å². The minimum absolute atomic E-state index is 0.451. The molecule has 5 heterocycles. The SMILES string of the molecule is CCc1ccnc(Nc2nc(Nc3ccn4ccnc4c3)cc(N3CCN(C)C(C)C3)n2)c1. The summed E-state index contributed by atoms with van der Waals surface area (Å²) in [6, 6.07) is 10.5. The molecule has 0 bridgehead atoms. The molecule has 4 aromatic heterocycles. The standard InChI is InChI=1S/C24H29N9/c1-4-18-5-7-25-20(13-18)28-24-29-21(27-19-6-9-32-10-8-26-22(32)14-19)15-23(30-24)33-12-11-31(3)17(2)16-33/h5-10,13-15,17H,4,11-12,16H2,1-3H3,(H2,25,27,28,29,30). The molecule has 5 rings (SSSR count). The molecule has 0 spiro atoms. The number of rotatable bonds is 6. The van der Waals surface area contributed by atoms with E-state index in [1.165, 1.54) is 5.56 Å². The monoisotopic (exact) mass is 443 g/mol. The average Bonchev–Trinajstić information content (AvgIpc) is 3.29. The van der Waals surface area contributed by atoms with E-state index in [0.29, 0.717) is 12.0 Å². The Balaban J connectivity index is 1.47. The number of aryl methyl sites for hydroxylation is 1. The lowest BCUT2D eigenvalue weighted by atomic mass is 10.2. The van der Waals surface area contributed by atoms with Gasteiger partial charge in [0.25, 0.3) is 0 Å². The van der Waals surface area contributed by atoms with Crippen molar-refractivity contribution in [2.75, 3.05) is 42.2 Å². The van der Waals surface area contributed by atoms with E-state index in [1.807, 2.05) is 53.3 Å². The van der Waals surface area contributed by atoms with Crippen LogP contribution in [-0.4, -0.2) is 62.0 Å². The molecule has 9 heteroatoms. The Bertz CT molecular complexity index is 1250. The van der Waals surface area contributed by atoms with Crippen molar-refractivity contribution < 1.29 is 0 Å². The molecule has 1 atom stereocenters. The topological polar surface area (TPSA) is 86.5 Å². The number of nitrogens with zero attached hydrogens (tertiary/aromatic N) is 7. The summed E-state index contributed by atoms with van der Waals surface area (Å²) in [7, 11) is 2.17. The predicted molar refractivity (Wildman–Crippen MR) is 132 cm³/mol. The van der Waals surface area contributed by atoms with Crippen LogP contribution in [0.1, 0.15) is 19.4 Å². The van der Waals surface area contributed by atoms with Crippen molar-refractivity contribution in [1.29, 1.82) is 0 Å². The Hall–Kier alpha value is -3.72. The third kappa shape index (κ3) is 4.73. The summed E-state index contributed by atoms with van der Waals surface area (Å²) in [4.78, 5) is 23.1. The molecule has 9 nitrogen and oxygen atoms in total. The lowest BCUT2D eigenvalue weighted by molar-refractivity contribution is 0.233. The summed E-state index contributed by atoms with van der Waals surface area (Å²) in [6.45, 7) is 7.19. The second-order valence-electron chi connectivity index (χ2n) is 8.47. The van der Waals surface area contributed by atoms with Gasteiger partial charge in [0.05, 0.1) is 0 Å². The van der Waals surface area contributed by atoms with Crippen molar-refractivity contribution in [3.05, 3.63) is 60.7 Å². The maximum absolute atomic E-state index is 4.84. The van der Waals surface area contributed by atoms with Gasteiger partial charge in [0.2, 0.25) is 5.95 Å². The fourth-order valence-corrected chi connectivity index (χ4v) is 3.99. The Kier molecular flexibility index (Phi) is 5.78. The van der Waals surface area contributed by atoms with Gasteiger partial charge in [-0.15, -0.1) is 0 Å². The summed E-state index contributed by atoms with van der Waals surface area (Å²) in [6.07, 6.45) is 8.45. The van der Waals surface area contributed by atoms with Gasteiger partial charge in [-0.1, -0.05) is 6.92 Å². The van der Waals surface area contributed by atoms with Crippen molar-refractivity contribution >= 4 is 34.7 Å². The van der Waals surface area contributed by atoms with Gasteiger partial charge in [-0.25, -0.2) is 9.97 Å². The molecule has 0 radical (unpaired) electrons. The molecule has 1 fully saturated rings. The second kappa shape index (κ2) is 9.03. The zero-order valence-corrected chi connectivity index (χ0v) is 19.2. The zero-order chi connectivity index (χ0) is 22.8. The first-order chi connectivity index (χ1) is 16.1. The smallest absolute Gasteiger partial charge is 0.232 e. The molecule has 0 aromatic carbocycles. The highest BCUT2D eigenvalue weighted by molar-refractivity contribution is 5.65. The average molecular weight is 444 g/mol. The molecule has 1 aliphatic rings. The highest BCUT2D eigenvalue weighted by Gasteiger charge is 2.22. The number of nitrogens with one attached hydrogen (secondary N) is 2. The van der Waals surface area contributed by atoms with E-state index in [4.69, 9.17) is 9.97 Å². The molecule has 2 N–H and O–H groups in total. The highest BCUT2D eigenvalue weighted by atomic mass is 15.3. The Labute approximate surface area is 193 Å². The number of piperazine rings is 1. The first kappa shape index (κ1) is 21.1. The van der Waals surface area contributed by atoms with Gasteiger partial charge in [-0.3, -0.25) is 0 Å². The first-order valence-corrected chi connectivity index (χ1v) is 11.3. The van der Waals surface area contributed by atoms with Crippen LogP contribution in [0.25, 0.3) is 5.65 Å². The van der Waals surface area contributed by atoms with Crippen LogP contribution in [-0.2, 0) is 6.42 Å². The molecule has 0 saturated carbocycles. The fourth-order valence-electron chi connectivity index (χ4n) is 3.99.